The number of benzene rings is 1. The highest BCUT2D eigenvalue weighted by atomic mass is 16.2. The summed E-state index contributed by atoms with van der Waals surface area (Å²) in [4.78, 5) is 16.5. The third-order valence-corrected chi connectivity index (χ3v) is 4.25. The quantitative estimate of drug-likeness (QED) is 0.920. The standard InChI is InChI=1S/C17H24N4O/c1-13-5-4-6-14(2)17(13)19-16(22)12-20-7-9-21(10-8-20)15(3)11-18/h4-6,15H,7-10,12H2,1-3H3,(H,19,22)/t15-/m1/s1. The third-order valence-electron chi connectivity index (χ3n) is 4.25. The summed E-state index contributed by atoms with van der Waals surface area (Å²) >= 11 is 0. The lowest BCUT2D eigenvalue weighted by atomic mass is 10.1. The molecule has 5 nitrogen and oxygen atoms in total. The maximum absolute atomic E-state index is 12.2. The molecule has 1 aliphatic heterocycles. The highest BCUT2D eigenvalue weighted by Gasteiger charge is 2.22. The number of piperazine rings is 1. The van der Waals surface area contributed by atoms with E-state index in [1.807, 2.05) is 39.0 Å². The van der Waals surface area contributed by atoms with E-state index in [4.69, 9.17) is 5.26 Å². The molecule has 0 aromatic heterocycles. The Morgan fingerprint density at radius 2 is 1.86 bits per heavy atom. The van der Waals surface area contributed by atoms with Crippen LogP contribution in [-0.2, 0) is 4.79 Å². The number of rotatable bonds is 4. The molecule has 2 rings (SSSR count). The number of anilines is 1. The van der Waals surface area contributed by atoms with Crippen molar-refractivity contribution in [2.24, 2.45) is 0 Å². The summed E-state index contributed by atoms with van der Waals surface area (Å²) in [5, 5.41) is 12.0. The predicted octanol–water partition coefficient (Wildman–Crippen LogP) is 1.77. The molecule has 1 N–H and O–H groups in total. The second-order valence-corrected chi connectivity index (χ2v) is 5.93. The van der Waals surface area contributed by atoms with Gasteiger partial charge in [-0.05, 0) is 31.9 Å². The second kappa shape index (κ2) is 7.39. The molecule has 5 heteroatoms. The smallest absolute Gasteiger partial charge is 0.238 e. The van der Waals surface area contributed by atoms with Crippen molar-refractivity contribution in [1.29, 1.82) is 5.26 Å². The molecule has 1 fully saturated rings. The van der Waals surface area contributed by atoms with Crippen LogP contribution >= 0.6 is 0 Å². The SMILES string of the molecule is Cc1cccc(C)c1NC(=O)CN1CCN([C@H](C)C#N)CC1. The van der Waals surface area contributed by atoms with Crippen LogP contribution in [0.5, 0.6) is 0 Å². The predicted molar refractivity (Wildman–Crippen MR) is 87.6 cm³/mol. The number of para-hydroxylation sites is 1. The monoisotopic (exact) mass is 300 g/mol. The van der Waals surface area contributed by atoms with E-state index in [1.165, 1.54) is 0 Å². The first-order chi connectivity index (χ1) is 10.5. The van der Waals surface area contributed by atoms with Gasteiger partial charge in [-0.15, -0.1) is 0 Å². The molecule has 1 atom stereocenters. The Balaban J connectivity index is 1.85. The number of carbonyl (C=O) groups is 1. The van der Waals surface area contributed by atoms with Crippen LogP contribution in [0.3, 0.4) is 0 Å². The van der Waals surface area contributed by atoms with Crippen molar-refractivity contribution >= 4 is 11.6 Å². The first-order valence-electron chi connectivity index (χ1n) is 7.73. The van der Waals surface area contributed by atoms with Gasteiger partial charge in [0.05, 0.1) is 18.7 Å². The van der Waals surface area contributed by atoms with Gasteiger partial charge < -0.3 is 5.32 Å². The Bertz CT molecular complexity index is 550. The van der Waals surface area contributed by atoms with Crippen molar-refractivity contribution in [3.8, 4) is 6.07 Å². The van der Waals surface area contributed by atoms with Gasteiger partial charge in [0.15, 0.2) is 0 Å². The highest BCUT2D eigenvalue weighted by molar-refractivity contribution is 5.93. The molecule has 1 aliphatic rings. The van der Waals surface area contributed by atoms with Crippen LogP contribution in [0.2, 0.25) is 0 Å². The average Bonchev–Trinajstić information content (AvgIpc) is 2.51. The normalized spacial score (nSPS) is 17.7. The molecule has 0 bridgehead atoms. The zero-order valence-electron chi connectivity index (χ0n) is 13.6. The summed E-state index contributed by atoms with van der Waals surface area (Å²) in [5.41, 5.74) is 3.09. The maximum atomic E-state index is 12.2. The van der Waals surface area contributed by atoms with E-state index in [0.717, 1.165) is 43.0 Å². The molecule has 0 spiro atoms. The van der Waals surface area contributed by atoms with Crippen molar-refractivity contribution in [1.82, 2.24) is 9.80 Å². The Morgan fingerprint density at radius 1 is 1.27 bits per heavy atom. The number of hydrogen-bond acceptors (Lipinski definition) is 4. The van der Waals surface area contributed by atoms with Gasteiger partial charge in [-0.2, -0.15) is 5.26 Å². The van der Waals surface area contributed by atoms with Gasteiger partial charge in [0, 0.05) is 31.9 Å². The van der Waals surface area contributed by atoms with Gasteiger partial charge in [0.1, 0.15) is 0 Å². The van der Waals surface area contributed by atoms with Gasteiger partial charge in [-0.1, -0.05) is 18.2 Å². The molecule has 22 heavy (non-hydrogen) atoms. The summed E-state index contributed by atoms with van der Waals surface area (Å²) in [6.07, 6.45) is 0. The number of hydrogen-bond donors (Lipinski definition) is 1. The molecule has 0 radical (unpaired) electrons. The molecule has 1 aromatic carbocycles. The van der Waals surface area contributed by atoms with Gasteiger partial charge in [0.25, 0.3) is 0 Å². The lowest BCUT2D eigenvalue weighted by Crippen LogP contribution is -2.50. The Morgan fingerprint density at radius 3 is 2.41 bits per heavy atom. The van der Waals surface area contributed by atoms with Crippen LogP contribution in [0.4, 0.5) is 5.69 Å². The number of amides is 1. The minimum Gasteiger partial charge on any atom is -0.324 e. The molecule has 1 heterocycles. The van der Waals surface area contributed by atoms with E-state index in [1.54, 1.807) is 0 Å². The van der Waals surface area contributed by atoms with E-state index in [9.17, 15) is 4.79 Å². The van der Waals surface area contributed by atoms with Crippen molar-refractivity contribution in [2.45, 2.75) is 26.8 Å². The van der Waals surface area contributed by atoms with Crippen LogP contribution in [0.25, 0.3) is 0 Å². The molecule has 1 saturated heterocycles. The second-order valence-electron chi connectivity index (χ2n) is 5.93. The summed E-state index contributed by atoms with van der Waals surface area (Å²) in [5.74, 6) is 0.0270. The van der Waals surface area contributed by atoms with Crippen molar-refractivity contribution in [3.63, 3.8) is 0 Å². The molecular weight excluding hydrogens is 276 g/mol. The highest BCUT2D eigenvalue weighted by Crippen LogP contribution is 2.19. The summed E-state index contributed by atoms with van der Waals surface area (Å²) in [6.45, 7) is 9.66. The van der Waals surface area contributed by atoms with Gasteiger partial charge >= 0.3 is 0 Å². The van der Waals surface area contributed by atoms with Crippen LogP contribution < -0.4 is 5.32 Å². The maximum Gasteiger partial charge on any atom is 0.238 e. The first kappa shape index (κ1) is 16.5. The van der Waals surface area contributed by atoms with Crippen molar-refractivity contribution in [3.05, 3.63) is 29.3 Å². The average molecular weight is 300 g/mol. The van der Waals surface area contributed by atoms with E-state index < -0.39 is 0 Å². The van der Waals surface area contributed by atoms with E-state index >= 15 is 0 Å². The molecule has 1 amide bonds. The van der Waals surface area contributed by atoms with E-state index in [0.29, 0.717) is 6.54 Å². The zero-order valence-corrected chi connectivity index (χ0v) is 13.6. The fraction of sp³-hybridized carbons (Fsp3) is 0.529. The first-order valence-corrected chi connectivity index (χ1v) is 7.73. The van der Waals surface area contributed by atoms with Crippen molar-refractivity contribution in [2.75, 3.05) is 38.0 Å². The lowest BCUT2D eigenvalue weighted by molar-refractivity contribution is -0.117. The Kier molecular flexibility index (Phi) is 5.53. The van der Waals surface area contributed by atoms with E-state index in [2.05, 4.69) is 21.2 Å². The number of carbonyl (C=O) groups excluding carboxylic acids is 1. The summed E-state index contributed by atoms with van der Waals surface area (Å²) < 4.78 is 0. The number of aryl methyl sites for hydroxylation is 2. The molecule has 0 saturated carbocycles. The number of nitriles is 1. The molecular formula is C17H24N4O. The number of nitrogens with zero attached hydrogens (tertiary/aromatic N) is 3. The van der Waals surface area contributed by atoms with Crippen molar-refractivity contribution < 1.29 is 4.79 Å². The lowest BCUT2D eigenvalue weighted by Gasteiger charge is -2.35. The third kappa shape index (κ3) is 4.06. The zero-order chi connectivity index (χ0) is 16.1. The largest absolute Gasteiger partial charge is 0.324 e. The summed E-state index contributed by atoms with van der Waals surface area (Å²) in [6, 6.07) is 8.22. The fourth-order valence-corrected chi connectivity index (χ4v) is 2.78. The minimum atomic E-state index is -0.0504. The van der Waals surface area contributed by atoms with Crippen LogP contribution in [0.1, 0.15) is 18.1 Å². The summed E-state index contributed by atoms with van der Waals surface area (Å²) in [7, 11) is 0. The Hall–Kier alpha value is -1.90. The molecule has 0 aliphatic carbocycles. The van der Waals surface area contributed by atoms with Gasteiger partial charge in [-0.3, -0.25) is 14.6 Å². The minimum absolute atomic E-state index is 0.0270. The molecule has 0 unspecified atom stereocenters. The topological polar surface area (TPSA) is 59.4 Å². The van der Waals surface area contributed by atoms with Gasteiger partial charge in [0.2, 0.25) is 5.91 Å². The molecule has 118 valence electrons. The fourth-order valence-electron chi connectivity index (χ4n) is 2.78. The van der Waals surface area contributed by atoms with Gasteiger partial charge in [-0.25, -0.2) is 0 Å². The van der Waals surface area contributed by atoms with Crippen LogP contribution in [0, 0.1) is 25.2 Å². The Labute approximate surface area is 132 Å². The van der Waals surface area contributed by atoms with Crippen LogP contribution in [0.15, 0.2) is 18.2 Å². The molecule has 1 aromatic rings. The van der Waals surface area contributed by atoms with Crippen LogP contribution in [-0.4, -0.2) is 54.5 Å². The number of nitrogens with one attached hydrogen (secondary N) is 1. The van der Waals surface area contributed by atoms with E-state index in [-0.39, 0.29) is 11.9 Å².